The van der Waals surface area contributed by atoms with Gasteiger partial charge in [0.25, 0.3) is 0 Å². The molecule has 13 heavy (non-hydrogen) atoms. The Balaban J connectivity index is 2.83. The van der Waals surface area contributed by atoms with E-state index in [9.17, 15) is 9.90 Å². The van der Waals surface area contributed by atoms with Gasteiger partial charge in [-0.05, 0) is 24.6 Å². The number of benzene rings is 1. The zero-order valence-electron chi connectivity index (χ0n) is 7.16. The Morgan fingerprint density at radius 1 is 1.54 bits per heavy atom. The van der Waals surface area contributed by atoms with Crippen molar-refractivity contribution in [3.8, 4) is 5.75 Å². The molecule has 0 unspecified atom stereocenters. The monoisotopic (exact) mass is 181 g/mol. The number of carbonyl (C=O) groups is 1. The molecular weight excluding hydrogens is 170 g/mol. The van der Waals surface area contributed by atoms with Crippen molar-refractivity contribution in [2.75, 3.05) is 5.32 Å². The second-order valence-electron chi connectivity index (χ2n) is 2.62. The van der Waals surface area contributed by atoms with E-state index in [-0.39, 0.29) is 5.75 Å². The number of nitrogens with one attached hydrogen (secondary N) is 2. The number of carbonyl (C=O) groups excluding carboxylic acids is 1. The Kier molecular flexibility index (Phi) is 2.71. The lowest BCUT2D eigenvalue weighted by molar-refractivity contribution is 0.252. The highest BCUT2D eigenvalue weighted by Crippen LogP contribution is 2.23. The molecule has 5 N–H and O–H groups in total. The molecule has 0 radical (unpaired) electrons. The number of hydrogen-bond acceptors (Lipinski definition) is 3. The van der Waals surface area contributed by atoms with E-state index in [1.807, 2.05) is 12.3 Å². The SMILES string of the molecule is Cc1ccc(NC(=O)NN)c(O)c1. The number of rotatable bonds is 1. The Hall–Kier alpha value is -1.75. The van der Waals surface area contributed by atoms with Crippen molar-refractivity contribution in [2.24, 2.45) is 5.84 Å². The zero-order valence-corrected chi connectivity index (χ0v) is 7.16. The predicted octanol–water partition coefficient (Wildman–Crippen LogP) is 0.696. The lowest BCUT2D eigenvalue weighted by Gasteiger charge is -2.06. The lowest BCUT2D eigenvalue weighted by Crippen LogP contribution is -2.34. The van der Waals surface area contributed by atoms with Gasteiger partial charge in [0.2, 0.25) is 0 Å². The molecule has 0 aromatic heterocycles. The summed E-state index contributed by atoms with van der Waals surface area (Å²) in [7, 11) is 0. The number of nitrogens with two attached hydrogens (primary N) is 1. The highest BCUT2D eigenvalue weighted by Gasteiger charge is 2.03. The Bertz CT molecular complexity index is 325. The molecule has 0 spiro atoms. The number of amides is 2. The fraction of sp³-hybridized carbons (Fsp3) is 0.125. The van der Waals surface area contributed by atoms with Gasteiger partial charge in [0.15, 0.2) is 0 Å². The smallest absolute Gasteiger partial charge is 0.333 e. The van der Waals surface area contributed by atoms with Crippen LogP contribution in [0.1, 0.15) is 5.56 Å². The van der Waals surface area contributed by atoms with E-state index in [4.69, 9.17) is 5.84 Å². The Morgan fingerprint density at radius 3 is 2.77 bits per heavy atom. The summed E-state index contributed by atoms with van der Waals surface area (Å²) >= 11 is 0. The number of aryl methyl sites for hydroxylation is 1. The first-order valence-electron chi connectivity index (χ1n) is 3.70. The third-order valence-electron chi connectivity index (χ3n) is 1.53. The van der Waals surface area contributed by atoms with E-state index in [0.29, 0.717) is 5.69 Å². The largest absolute Gasteiger partial charge is 0.506 e. The van der Waals surface area contributed by atoms with Gasteiger partial charge < -0.3 is 10.4 Å². The molecule has 0 aliphatic carbocycles. The fourth-order valence-corrected chi connectivity index (χ4v) is 0.906. The molecule has 70 valence electrons. The number of urea groups is 1. The third-order valence-corrected chi connectivity index (χ3v) is 1.53. The quantitative estimate of drug-likeness (QED) is 0.222. The molecule has 2 amide bonds. The molecule has 0 bridgehead atoms. The Morgan fingerprint density at radius 2 is 2.23 bits per heavy atom. The van der Waals surface area contributed by atoms with Gasteiger partial charge in [-0.3, -0.25) is 5.43 Å². The highest BCUT2D eigenvalue weighted by molar-refractivity contribution is 5.90. The van der Waals surface area contributed by atoms with Crippen LogP contribution in [0.4, 0.5) is 10.5 Å². The highest BCUT2D eigenvalue weighted by atomic mass is 16.3. The van der Waals surface area contributed by atoms with Crippen LogP contribution in [0.15, 0.2) is 18.2 Å². The summed E-state index contributed by atoms with van der Waals surface area (Å²) in [5.74, 6) is 4.87. The number of anilines is 1. The second kappa shape index (κ2) is 3.77. The molecule has 0 aliphatic heterocycles. The number of hydrazine groups is 1. The predicted molar refractivity (Wildman–Crippen MR) is 49.2 cm³/mol. The van der Waals surface area contributed by atoms with Gasteiger partial charge in [0, 0.05) is 0 Å². The number of aromatic hydroxyl groups is 1. The van der Waals surface area contributed by atoms with E-state index < -0.39 is 6.03 Å². The van der Waals surface area contributed by atoms with E-state index in [1.54, 1.807) is 18.2 Å². The molecule has 0 heterocycles. The van der Waals surface area contributed by atoms with Gasteiger partial charge >= 0.3 is 6.03 Å². The van der Waals surface area contributed by atoms with Crippen molar-refractivity contribution in [3.05, 3.63) is 23.8 Å². The van der Waals surface area contributed by atoms with Crippen LogP contribution in [0.5, 0.6) is 5.75 Å². The van der Waals surface area contributed by atoms with Crippen LogP contribution >= 0.6 is 0 Å². The number of phenols is 1. The summed E-state index contributed by atoms with van der Waals surface area (Å²) in [5.41, 5.74) is 3.13. The van der Waals surface area contributed by atoms with E-state index in [1.165, 1.54) is 0 Å². The minimum Gasteiger partial charge on any atom is -0.506 e. The average Bonchev–Trinajstić information content (AvgIpc) is 2.09. The topological polar surface area (TPSA) is 87.4 Å². The molecule has 0 atom stereocenters. The van der Waals surface area contributed by atoms with Crippen molar-refractivity contribution in [1.29, 1.82) is 0 Å². The molecule has 0 saturated carbocycles. The van der Waals surface area contributed by atoms with Gasteiger partial charge in [-0.15, -0.1) is 0 Å². The summed E-state index contributed by atoms with van der Waals surface area (Å²) in [4.78, 5) is 10.8. The molecule has 5 heteroatoms. The van der Waals surface area contributed by atoms with E-state index in [0.717, 1.165) is 5.56 Å². The van der Waals surface area contributed by atoms with E-state index in [2.05, 4.69) is 5.32 Å². The molecular formula is C8H11N3O2. The van der Waals surface area contributed by atoms with Crippen molar-refractivity contribution in [2.45, 2.75) is 6.92 Å². The first kappa shape index (κ1) is 9.34. The molecule has 5 nitrogen and oxygen atoms in total. The standard InChI is InChI=1S/C8H11N3O2/c1-5-2-3-6(7(12)4-5)10-8(13)11-9/h2-4,12H,9H2,1H3,(H2,10,11,13). The molecule has 1 aromatic carbocycles. The van der Waals surface area contributed by atoms with Crippen molar-refractivity contribution in [1.82, 2.24) is 5.43 Å². The maximum atomic E-state index is 10.8. The first-order chi connectivity index (χ1) is 6.13. The molecule has 0 aliphatic rings. The summed E-state index contributed by atoms with van der Waals surface area (Å²) < 4.78 is 0. The van der Waals surface area contributed by atoms with Crippen molar-refractivity contribution >= 4 is 11.7 Å². The normalized spacial score (nSPS) is 9.38. The molecule has 0 saturated heterocycles. The lowest BCUT2D eigenvalue weighted by atomic mass is 10.2. The van der Waals surface area contributed by atoms with Crippen LogP contribution in [0.2, 0.25) is 0 Å². The summed E-state index contributed by atoms with van der Waals surface area (Å²) in [6.07, 6.45) is 0. The maximum Gasteiger partial charge on any atom is 0.333 e. The van der Waals surface area contributed by atoms with Crippen LogP contribution in [0, 0.1) is 6.92 Å². The van der Waals surface area contributed by atoms with Gasteiger partial charge in [0.1, 0.15) is 5.75 Å². The average molecular weight is 181 g/mol. The molecule has 0 fully saturated rings. The second-order valence-corrected chi connectivity index (χ2v) is 2.62. The molecule has 1 rings (SSSR count). The van der Waals surface area contributed by atoms with Gasteiger partial charge in [-0.25, -0.2) is 10.6 Å². The Labute approximate surface area is 75.5 Å². The van der Waals surface area contributed by atoms with Crippen LogP contribution in [0.25, 0.3) is 0 Å². The van der Waals surface area contributed by atoms with Crippen LogP contribution in [-0.2, 0) is 0 Å². The van der Waals surface area contributed by atoms with Crippen LogP contribution in [0.3, 0.4) is 0 Å². The summed E-state index contributed by atoms with van der Waals surface area (Å²) in [6.45, 7) is 1.84. The van der Waals surface area contributed by atoms with Gasteiger partial charge in [-0.2, -0.15) is 0 Å². The van der Waals surface area contributed by atoms with Crippen LogP contribution in [-0.4, -0.2) is 11.1 Å². The third kappa shape index (κ3) is 2.34. The fourth-order valence-electron chi connectivity index (χ4n) is 0.906. The molecule has 1 aromatic rings. The van der Waals surface area contributed by atoms with Crippen molar-refractivity contribution in [3.63, 3.8) is 0 Å². The number of hydrogen-bond donors (Lipinski definition) is 4. The van der Waals surface area contributed by atoms with Gasteiger partial charge in [-0.1, -0.05) is 6.07 Å². The zero-order chi connectivity index (χ0) is 9.84. The van der Waals surface area contributed by atoms with Crippen molar-refractivity contribution < 1.29 is 9.90 Å². The maximum absolute atomic E-state index is 10.8. The summed E-state index contributed by atoms with van der Waals surface area (Å²) in [6, 6.07) is 4.34. The minimum absolute atomic E-state index is 0.0172. The van der Waals surface area contributed by atoms with Crippen LogP contribution < -0.4 is 16.6 Å². The minimum atomic E-state index is -0.570. The van der Waals surface area contributed by atoms with Gasteiger partial charge in [0.05, 0.1) is 5.69 Å². The summed E-state index contributed by atoms with van der Waals surface area (Å²) in [5, 5.41) is 11.7. The van der Waals surface area contributed by atoms with E-state index >= 15 is 0 Å². The number of phenolic OH excluding ortho intramolecular Hbond substituents is 1. The first-order valence-corrected chi connectivity index (χ1v) is 3.70.